The molecule has 0 spiro atoms. The van der Waals surface area contributed by atoms with Crippen molar-refractivity contribution in [1.82, 2.24) is 0 Å². The van der Waals surface area contributed by atoms with E-state index in [0.717, 1.165) is 16.8 Å². The number of ether oxygens (including phenoxy) is 2. The van der Waals surface area contributed by atoms with Gasteiger partial charge in [-0.25, -0.2) is 0 Å². The molecule has 0 aliphatic carbocycles. The highest BCUT2D eigenvalue weighted by Gasteiger charge is 2.08. The van der Waals surface area contributed by atoms with Crippen LogP contribution < -0.4 is 14.8 Å². The molecular weight excluding hydrogens is 314 g/mol. The van der Waals surface area contributed by atoms with Gasteiger partial charge in [0, 0.05) is 11.8 Å². The highest BCUT2D eigenvalue weighted by atomic mass is 16.5. The fraction of sp³-hybridized carbons (Fsp3) is 0.286. The second-order valence-corrected chi connectivity index (χ2v) is 5.91. The molecule has 0 unspecified atom stereocenters. The molecule has 0 saturated heterocycles. The van der Waals surface area contributed by atoms with Gasteiger partial charge in [0.2, 0.25) is 5.91 Å². The molecule has 0 aliphatic rings. The average Bonchev–Trinajstić information content (AvgIpc) is 2.61. The maximum absolute atomic E-state index is 12.2. The molecule has 0 fully saturated rings. The van der Waals surface area contributed by atoms with Crippen LogP contribution >= 0.6 is 0 Å². The zero-order chi connectivity index (χ0) is 18.2. The van der Waals surface area contributed by atoms with E-state index < -0.39 is 0 Å². The summed E-state index contributed by atoms with van der Waals surface area (Å²) in [6, 6.07) is 13.4. The summed E-state index contributed by atoms with van der Waals surface area (Å²) in [4.78, 5) is 12.2. The lowest BCUT2D eigenvalue weighted by Crippen LogP contribution is -2.10. The van der Waals surface area contributed by atoms with E-state index in [-0.39, 0.29) is 5.91 Å². The van der Waals surface area contributed by atoms with Gasteiger partial charge in [0.25, 0.3) is 0 Å². The number of rotatable bonds is 7. The summed E-state index contributed by atoms with van der Waals surface area (Å²) in [7, 11) is 1.60. The van der Waals surface area contributed by atoms with Gasteiger partial charge in [0.05, 0.1) is 13.7 Å². The first-order chi connectivity index (χ1) is 12.0. The molecule has 0 heterocycles. The Kier molecular flexibility index (Phi) is 6.63. The Morgan fingerprint density at radius 3 is 2.60 bits per heavy atom. The minimum absolute atomic E-state index is 0.166. The molecule has 132 valence electrons. The summed E-state index contributed by atoms with van der Waals surface area (Å²) >= 11 is 0. The van der Waals surface area contributed by atoms with Crippen LogP contribution in [0.15, 0.2) is 48.5 Å². The van der Waals surface area contributed by atoms with E-state index in [1.54, 1.807) is 13.2 Å². The average molecular weight is 339 g/mol. The molecule has 0 saturated carbocycles. The predicted octanol–water partition coefficient (Wildman–Crippen LogP) is 4.87. The highest BCUT2D eigenvalue weighted by Crippen LogP contribution is 2.28. The number of hydrogen-bond acceptors (Lipinski definition) is 3. The number of hydrogen-bond donors (Lipinski definition) is 1. The number of methoxy groups -OCH3 is 1. The quantitative estimate of drug-likeness (QED) is 0.732. The number of para-hydroxylation sites is 1. The first-order valence-electron chi connectivity index (χ1n) is 8.44. The third kappa shape index (κ3) is 5.11. The monoisotopic (exact) mass is 339 g/mol. The Morgan fingerprint density at radius 2 is 1.92 bits per heavy atom. The van der Waals surface area contributed by atoms with Crippen molar-refractivity contribution in [3.63, 3.8) is 0 Å². The number of anilines is 1. The van der Waals surface area contributed by atoms with Gasteiger partial charge in [0.15, 0.2) is 11.5 Å². The van der Waals surface area contributed by atoms with Crippen LogP contribution in [-0.2, 0) is 4.79 Å². The van der Waals surface area contributed by atoms with Crippen molar-refractivity contribution in [2.75, 3.05) is 19.0 Å². The van der Waals surface area contributed by atoms with E-state index in [0.29, 0.717) is 24.0 Å². The van der Waals surface area contributed by atoms with Gasteiger partial charge in [-0.05, 0) is 48.2 Å². The van der Waals surface area contributed by atoms with Gasteiger partial charge < -0.3 is 14.8 Å². The first kappa shape index (κ1) is 18.6. The van der Waals surface area contributed by atoms with Crippen LogP contribution in [-0.4, -0.2) is 19.6 Å². The minimum Gasteiger partial charge on any atom is -0.493 e. The lowest BCUT2D eigenvalue weighted by molar-refractivity contribution is -0.111. The molecule has 1 amide bonds. The van der Waals surface area contributed by atoms with Crippen LogP contribution in [0.5, 0.6) is 11.5 Å². The Labute approximate surface area is 149 Å². The highest BCUT2D eigenvalue weighted by molar-refractivity contribution is 6.02. The summed E-state index contributed by atoms with van der Waals surface area (Å²) in [5, 5.41) is 2.94. The molecule has 1 N–H and O–H groups in total. The Hall–Kier alpha value is -2.75. The minimum atomic E-state index is -0.166. The zero-order valence-corrected chi connectivity index (χ0v) is 15.2. The van der Waals surface area contributed by atoms with Crippen molar-refractivity contribution >= 4 is 17.7 Å². The molecule has 0 radical (unpaired) electrons. The molecule has 25 heavy (non-hydrogen) atoms. The molecule has 0 atom stereocenters. The van der Waals surface area contributed by atoms with E-state index >= 15 is 0 Å². The van der Waals surface area contributed by atoms with Crippen molar-refractivity contribution in [3.8, 4) is 11.5 Å². The van der Waals surface area contributed by atoms with E-state index in [1.165, 1.54) is 6.08 Å². The molecule has 2 aromatic carbocycles. The number of benzene rings is 2. The molecule has 2 rings (SSSR count). The van der Waals surface area contributed by atoms with Crippen LogP contribution in [0.2, 0.25) is 0 Å². The molecular formula is C21H25NO3. The van der Waals surface area contributed by atoms with Crippen molar-refractivity contribution < 1.29 is 14.3 Å². The molecule has 0 aromatic heterocycles. The van der Waals surface area contributed by atoms with E-state index in [9.17, 15) is 4.79 Å². The summed E-state index contributed by atoms with van der Waals surface area (Å²) in [6.45, 7) is 6.70. The largest absolute Gasteiger partial charge is 0.493 e. The molecule has 0 aliphatic heterocycles. The molecule has 4 nitrogen and oxygen atoms in total. The van der Waals surface area contributed by atoms with Gasteiger partial charge in [-0.2, -0.15) is 0 Å². The Balaban J connectivity index is 2.10. The van der Waals surface area contributed by atoms with Crippen molar-refractivity contribution in [1.29, 1.82) is 0 Å². The fourth-order valence-corrected chi connectivity index (χ4v) is 2.52. The summed E-state index contributed by atoms with van der Waals surface area (Å²) in [5.74, 6) is 1.52. The van der Waals surface area contributed by atoms with Crippen molar-refractivity contribution in [3.05, 3.63) is 59.7 Å². The number of nitrogens with one attached hydrogen (secondary N) is 1. The lowest BCUT2D eigenvalue weighted by Gasteiger charge is -2.12. The lowest BCUT2D eigenvalue weighted by atomic mass is 10.0. The summed E-state index contributed by atoms with van der Waals surface area (Å²) in [5.41, 5.74) is 2.83. The van der Waals surface area contributed by atoms with E-state index in [2.05, 4.69) is 19.2 Å². The van der Waals surface area contributed by atoms with E-state index in [4.69, 9.17) is 9.47 Å². The van der Waals surface area contributed by atoms with E-state index in [1.807, 2.05) is 49.4 Å². The fourth-order valence-electron chi connectivity index (χ4n) is 2.52. The van der Waals surface area contributed by atoms with Gasteiger partial charge in [-0.15, -0.1) is 0 Å². The smallest absolute Gasteiger partial charge is 0.248 e. The summed E-state index contributed by atoms with van der Waals surface area (Å²) < 4.78 is 10.8. The molecule has 4 heteroatoms. The molecule has 0 bridgehead atoms. The van der Waals surface area contributed by atoms with Crippen molar-refractivity contribution in [2.45, 2.75) is 26.7 Å². The van der Waals surface area contributed by atoms with Crippen LogP contribution in [0.25, 0.3) is 6.08 Å². The second kappa shape index (κ2) is 8.92. The Bertz CT molecular complexity index is 751. The van der Waals surface area contributed by atoms with Crippen LogP contribution in [0.4, 0.5) is 5.69 Å². The first-order valence-corrected chi connectivity index (χ1v) is 8.44. The topological polar surface area (TPSA) is 47.6 Å². The SMILES string of the molecule is CCOc1ccc(/C=C/C(=O)Nc2ccccc2C(C)C)cc1OC. The maximum Gasteiger partial charge on any atom is 0.248 e. The van der Waals surface area contributed by atoms with Crippen molar-refractivity contribution in [2.24, 2.45) is 0 Å². The standard InChI is InChI=1S/C21H25NO3/c1-5-25-19-12-10-16(14-20(19)24-4)11-13-21(23)22-18-9-7-6-8-17(18)15(2)3/h6-15H,5H2,1-4H3,(H,22,23)/b13-11+. The number of carbonyl (C=O) groups is 1. The van der Waals surface area contributed by atoms with Gasteiger partial charge in [-0.3, -0.25) is 4.79 Å². The predicted molar refractivity (Wildman–Crippen MR) is 102 cm³/mol. The van der Waals surface area contributed by atoms with Gasteiger partial charge in [-0.1, -0.05) is 38.1 Å². The second-order valence-electron chi connectivity index (χ2n) is 5.91. The van der Waals surface area contributed by atoms with Crippen LogP contribution in [0, 0.1) is 0 Å². The van der Waals surface area contributed by atoms with Gasteiger partial charge in [0.1, 0.15) is 0 Å². The normalized spacial score (nSPS) is 10.9. The molecule has 2 aromatic rings. The third-order valence-electron chi connectivity index (χ3n) is 3.76. The van der Waals surface area contributed by atoms with Gasteiger partial charge >= 0.3 is 0 Å². The van der Waals surface area contributed by atoms with Crippen LogP contribution in [0.1, 0.15) is 37.8 Å². The Morgan fingerprint density at radius 1 is 1.16 bits per heavy atom. The maximum atomic E-state index is 12.2. The zero-order valence-electron chi connectivity index (χ0n) is 15.2. The summed E-state index contributed by atoms with van der Waals surface area (Å²) in [6.07, 6.45) is 3.28. The number of carbonyl (C=O) groups excluding carboxylic acids is 1. The third-order valence-corrected chi connectivity index (χ3v) is 3.76. The van der Waals surface area contributed by atoms with Crippen LogP contribution in [0.3, 0.4) is 0 Å². The number of amides is 1.